The Morgan fingerprint density at radius 3 is 2.55 bits per heavy atom. The molecule has 29 heavy (non-hydrogen) atoms. The van der Waals surface area contributed by atoms with E-state index in [0.29, 0.717) is 37.0 Å². The fourth-order valence-electron chi connectivity index (χ4n) is 2.92. The van der Waals surface area contributed by atoms with E-state index in [9.17, 15) is 14.4 Å². The van der Waals surface area contributed by atoms with Crippen LogP contribution in [0.5, 0.6) is 0 Å². The molecule has 1 aliphatic rings. The van der Waals surface area contributed by atoms with Crippen LogP contribution in [0.25, 0.3) is 0 Å². The fourth-order valence-corrected chi connectivity index (χ4v) is 3.56. The van der Waals surface area contributed by atoms with Gasteiger partial charge in [0.15, 0.2) is 6.10 Å². The van der Waals surface area contributed by atoms with Gasteiger partial charge in [-0.25, -0.2) is 9.97 Å². The Kier molecular flexibility index (Phi) is 7.12. The van der Waals surface area contributed by atoms with Crippen molar-refractivity contribution in [3.63, 3.8) is 0 Å². The largest absolute Gasteiger partial charge is 0.452 e. The summed E-state index contributed by atoms with van der Waals surface area (Å²) in [5.74, 6) is -0.330. The topological polar surface area (TPSA) is 105 Å². The quantitative estimate of drug-likeness (QED) is 0.669. The second kappa shape index (κ2) is 9.97. The number of hydrogen-bond donors (Lipinski definition) is 1. The van der Waals surface area contributed by atoms with E-state index in [1.54, 1.807) is 42.4 Å². The molecule has 3 rings (SSSR count). The maximum atomic E-state index is 12.5. The van der Waals surface area contributed by atoms with Crippen molar-refractivity contribution in [3.05, 3.63) is 40.8 Å². The number of amides is 2. The number of anilines is 1. The number of carbonyl (C=O) groups excluding carboxylic acids is 3. The smallest absolute Gasteiger partial charge is 0.308 e. The molecule has 0 spiro atoms. The van der Waals surface area contributed by atoms with Crippen molar-refractivity contribution in [2.45, 2.75) is 19.4 Å². The van der Waals surface area contributed by atoms with Crippen molar-refractivity contribution < 1.29 is 19.1 Å². The highest BCUT2D eigenvalue weighted by Gasteiger charge is 2.27. The third kappa shape index (κ3) is 5.74. The van der Waals surface area contributed by atoms with Crippen molar-refractivity contribution in [1.29, 1.82) is 0 Å². The molecule has 0 aromatic carbocycles. The predicted molar refractivity (Wildman–Crippen MR) is 108 cm³/mol. The minimum Gasteiger partial charge on any atom is -0.452 e. The Bertz CT molecular complexity index is 822. The third-order valence-corrected chi connectivity index (χ3v) is 5.31. The summed E-state index contributed by atoms with van der Waals surface area (Å²) in [4.78, 5) is 49.1. The van der Waals surface area contributed by atoms with E-state index < -0.39 is 12.1 Å². The normalized spacial score (nSPS) is 14.9. The van der Waals surface area contributed by atoms with Crippen LogP contribution in [-0.4, -0.2) is 71.5 Å². The number of hydrogen-bond acceptors (Lipinski definition) is 8. The van der Waals surface area contributed by atoms with Crippen LogP contribution in [0.4, 0.5) is 5.95 Å². The molecule has 2 aromatic heterocycles. The Morgan fingerprint density at radius 2 is 1.90 bits per heavy atom. The van der Waals surface area contributed by atoms with Crippen LogP contribution in [0, 0.1) is 0 Å². The predicted octanol–water partition coefficient (Wildman–Crippen LogP) is 0.938. The van der Waals surface area contributed by atoms with E-state index in [-0.39, 0.29) is 24.8 Å². The number of piperazine rings is 1. The van der Waals surface area contributed by atoms with Gasteiger partial charge in [-0.2, -0.15) is 0 Å². The SMILES string of the molecule is CC(OC(=O)CCNC(=O)c1cccs1)C(=O)N1CCN(c2ncccn2)CC1. The van der Waals surface area contributed by atoms with Crippen molar-refractivity contribution >= 4 is 35.1 Å². The highest BCUT2D eigenvalue weighted by Crippen LogP contribution is 2.12. The molecule has 3 heterocycles. The molecule has 1 saturated heterocycles. The van der Waals surface area contributed by atoms with Gasteiger partial charge in [-0.05, 0) is 24.4 Å². The molecule has 10 heteroatoms. The molecular formula is C19H23N5O4S. The molecule has 0 saturated carbocycles. The minimum absolute atomic E-state index is 0.00780. The zero-order valence-electron chi connectivity index (χ0n) is 16.1. The molecule has 154 valence electrons. The first kappa shape index (κ1) is 20.7. The zero-order chi connectivity index (χ0) is 20.6. The van der Waals surface area contributed by atoms with E-state index in [2.05, 4.69) is 15.3 Å². The van der Waals surface area contributed by atoms with Crippen molar-refractivity contribution in [2.24, 2.45) is 0 Å². The van der Waals surface area contributed by atoms with Gasteiger partial charge in [0.2, 0.25) is 5.95 Å². The number of aromatic nitrogens is 2. The second-order valence-corrected chi connectivity index (χ2v) is 7.42. The molecule has 1 unspecified atom stereocenters. The molecule has 0 aliphatic carbocycles. The summed E-state index contributed by atoms with van der Waals surface area (Å²) in [6, 6.07) is 5.25. The number of rotatable bonds is 7. The Labute approximate surface area is 172 Å². The number of esters is 1. The summed E-state index contributed by atoms with van der Waals surface area (Å²) in [6.07, 6.45) is 2.51. The number of carbonyl (C=O) groups is 3. The van der Waals surface area contributed by atoms with Crippen LogP contribution in [-0.2, 0) is 14.3 Å². The fraction of sp³-hybridized carbons (Fsp3) is 0.421. The van der Waals surface area contributed by atoms with Gasteiger partial charge in [-0.1, -0.05) is 6.07 Å². The lowest BCUT2D eigenvalue weighted by Gasteiger charge is -2.35. The molecule has 0 radical (unpaired) electrons. The maximum Gasteiger partial charge on any atom is 0.308 e. The molecule has 0 bridgehead atoms. The summed E-state index contributed by atoms with van der Waals surface area (Å²) in [6.45, 7) is 3.98. The standard InChI is InChI=1S/C19H23N5O4S/c1-14(28-16(25)5-8-20-17(26)15-4-2-13-29-15)18(27)23-9-11-24(12-10-23)19-21-6-3-7-22-19/h2-4,6-7,13-14H,5,8-12H2,1H3,(H,20,26). The van der Waals surface area contributed by atoms with E-state index in [1.165, 1.54) is 11.3 Å². The molecule has 1 aliphatic heterocycles. The van der Waals surface area contributed by atoms with E-state index in [4.69, 9.17) is 4.74 Å². The van der Waals surface area contributed by atoms with Gasteiger partial charge in [0.05, 0.1) is 11.3 Å². The van der Waals surface area contributed by atoms with Crippen LogP contribution in [0.1, 0.15) is 23.0 Å². The highest BCUT2D eigenvalue weighted by atomic mass is 32.1. The summed E-state index contributed by atoms with van der Waals surface area (Å²) < 4.78 is 5.23. The number of thiophene rings is 1. The Hall–Kier alpha value is -3.01. The maximum absolute atomic E-state index is 12.5. The molecule has 2 amide bonds. The summed E-state index contributed by atoms with van der Waals surface area (Å²) >= 11 is 1.33. The number of ether oxygens (including phenoxy) is 1. The van der Waals surface area contributed by atoms with Crippen LogP contribution < -0.4 is 10.2 Å². The van der Waals surface area contributed by atoms with Gasteiger partial charge in [-0.3, -0.25) is 14.4 Å². The monoisotopic (exact) mass is 417 g/mol. The average Bonchev–Trinajstić information content (AvgIpc) is 3.29. The molecule has 9 nitrogen and oxygen atoms in total. The van der Waals surface area contributed by atoms with E-state index in [0.717, 1.165) is 0 Å². The van der Waals surface area contributed by atoms with Gasteiger partial charge >= 0.3 is 5.97 Å². The van der Waals surface area contributed by atoms with Gasteiger partial charge < -0.3 is 19.9 Å². The van der Waals surface area contributed by atoms with E-state index >= 15 is 0 Å². The van der Waals surface area contributed by atoms with Crippen LogP contribution in [0.3, 0.4) is 0 Å². The minimum atomic E-state index is -0.866. The zero-order valence-corrected chi connectivity index (χ0v) is 16.9. The first-order valence-electron chi connectivity index (χ1n) is 9.36. The summed E-state index contributed by atoms with van der Waals surface area (Å²) in [5.41, 5.74) is 0. The lowest BCUT2D eigenvalue weighted by atomic mass is 10.2. The van der Waals surface area contributed by atoms with Gasteiger partial charge in [0, 0.05) is 45.1 Å². The van der Waals surface area contributed by atoms with Crippen LogP contribution in [0.2, 0.25) is 0 Å². The lowest BCUT2D eigenvalue weighted by molar-refractivity contribution is -0.159. The Morgan fingerprint density at radius 1 is 1.17 bits per heavy atom. The van der Waals surface area contributed by atoms with Crippen molar-refractivity contribution in [1.82, 2.24) is 20.2 Å². The summed E-state index contributed by atoms with van der Waals surface area (Å²) in [5, 5.41) is 4.47. The molecular weight excluding hydrogens is 394 g/mol. The third-order valence-electron chi connectivity index (χ3n) is 4.44. The number of nitrogens with zero attached hydrogens (tertiary/aromatic N) is 4. The first-order valence-corrected chi connectivity index (χ1v) is 10.2. The second-order valence-electron chi connectivity index (χ2n) is 6.48. The van der Waals surface area contributed by atoms with E-state index in [1.807, 2.05) is 10.3 Å². The van der Waals surface area contributed by atoms with Crippen LogP contribution >= 0.6 is 11.3 Å². The first-order chi connectivity index (χ1) is 14.0. The van der Waals surface area contributed by atoms with Gasteiger partial charge in [-0.15, -0.1) is 11.3 Å². The number of nitrogens with one attached hydrogen (secondary N) is 1. The van der Waals surface area contributed by atoms with Gasteiger partial charge in [0.25, 0.3) is 11.8 Å². The molecule has 1 N–H and O–H groups in total. The van der Waals surface area contributed by atoms with Crippen LogP contribution in [0.15, 0.2) is 36.0 Å². The van der Waals surface area contributed by atoms with Crippen molar-refractivity contribution in [3.8, 4) is 0 Å². The molecule has 2 aromatic rings. The molecule has 1 fully saturated rings. The lowest BCUT2D eigenvalue weighted by Crippen LogP contribution is -2.52. The van der Waals surface area contributed by atoms with Crippen molar-refractivity contribution in [2.75, 3.05) is 37.6 Å². The Balaban J connectivity index is 1.37. The molecule has 1 atom stereocenters. The van der Waals surface area contributed by atoms with Gasteiger partial charge in [0.1, 0.15) is 0 Å². The summed E-state index contributed by atoms with van der Waals surface area (Å²) in [7, 11) is 0. The highest BCUT2D eigenvalue weighted by molar-refractivity contribution is 7.12. The average molecular weight is 417 g/mol.